The maximum absolute atomic E-state index is 12.2. The van der Waals surface area contributed by atoms with Gasteiger partial charge in [0.15, 0.2) is 0 Å². The minimum absolute atomic E-state index is 0.0101. The maximum Gasteiger partial charge on any atom is 0.220 e. The smallest absolute Gasteiger partial charge is 0.220 e. The van der Waals surface area contributed by atoms with Gasteiger partial charge in [0.25, 0.3) is 0 Å². The number of pyridine rings is 1. The van der Waals surface area contributed by atoms with E-state index in [0.29, 0.717) is 13.0 Å². The summed E-state index contributed by atoms with van der Waals surface area (Å²) in [5.74, 6) is 0.0101. The Morgan fingerprint density at radius 1 is 1.23 bits per heavy atom. The van der Waals surface area contributed by atoms with E-state index in [2.05, 4.69) is 29.4 Å². The summed E-state index contributed by atoms with van der Waals surface area (Å²) in [4.78, 5) is 16.5. The van der Waals surface area contributed by atoms with E-state index in [4.69, 9.17) is 4.74 Å². The van der Waals surface area contributed by atoms with Crippen LogP contribution in [0.5, 0.6) is 0 Å². The Bertz CT molecular complexity index is 599. The molecule has 1 amide bonds. The van der Waals surface area contributed by atoms with Crippen molar-refractivity contribution in [3.63, 3.8) is 0 Å². The first-order valence-corrected chi connectivity index (χ1v) is 7.44. The lowest BCUT2D eigenvalue weighted by Crippen LogP contribution is -2.32. The number of carbonyl (C=O) groups is 1. The summed E-state index contributed by atoms with van der Waals surface area (Å²) >= 11 is 0. The van der Waals surface area contributed by atoms with Crippen molar-refractivity contribution >= 4 is 5.91 Å². The molecule has 0 bridgehead atoms. The molecule has 0 aliphatic carbocycles. The molecule has 0 saturated heterocycles. The zero-order valence-corrected chi connectivity index (χ0v) is 13.1. The monoisotopic (exact) mass is 298 g/mol. The Kier molecular flexibility index (Phi) is 6.10. The summed E-state index contributed by atoms with van der Waals surface area (Å²) in [7, 11) is 1.62. The van der Waals surface area contributed by atoms with Crippen molar-refractivity contribution < 1.29 is 9.53 Å². The molecule has 1 N–H and O–H groups in total. The summed E-state index contributed by atoms with van der Waals surface area (Å²) in [6.45, 7) is 2.47. The van der Waals surface area contributed by atoms with Gasteiger partial charge in [0.05, 0.1) is 18.3 Å². The number of hydrogen-bond donors (Lipinski definition) is 1. The average Bonchev–Trinajstić information content (AvgIpc) is 2.54. The third kappa shape index (κ3) is 4.67. The third-order valence-electron chi connectivity index (χ3n) is 3.60. The lowest BCUT2D eigenvalue weighted by Gasteiger charge is -2.17. The largest absolute Gasteiger partial charge is 0.382 e. The van der Waals surface area contributed by atoms with Crippen molar-refractivity contribution in [1.82, 2.24) is 10.3 Å². The predicted molar refractivity (Wildman–Crippen MR) is 86.5 cm³/mol. The van der Waals surface area contributed by atoms with Gasteiger partial charge in [0.1, 0.15) is 0 Å². The average molecular weight is 298 g/mol. The minimum Gasteiger partial charge on any atom is -0.382 e. The number of carbonyl (C=O) groups excluding carboxylic acids is 1. The molecule has 22 heavy (non-hydrogen) atoms. The van der Waals surface area contributed by atoms with Crippen LogP contribution in [0.3, 0.4) is 0 Å². The van der Waals surface area contributed by atoms with E-state index in [1.54, 1.807) is 13.3 Å². The van der Waals surface area contributed by atoms with Crippen LogP contribution in [0.4, 0.5) is 0 Å². The number of methoxy groups -OCH3 is 1. The van der Waals surface area contributed by atoms with Crippen LogP contribution in [-0.2, 0) is 16.0 Å². The maximum atomic E-state index is 12.2. The molecule has 1 heterocycles. The molecule has 1 unspecified atom stereocenters. The van der Waals surface area contributed by atoms with Gasteiger partial charge in [-0.05, 0) is 36.6 Å². The van der Waals surface area contributed by atoms with Gasteiger partial charge in [0, 0.05) is 19.7 Å². The van der Waals surface area contributed by atoms with Gasteiger partial charge in [-0.1, -0.05) is 30.3 Å². The fourth-order valence-electron chi connectivity index (χ4n) is 2.36. The Morgan fingerprint density at radius 3 is 2.68 bits per heavy atom. The number of ether oxygens (including phenoxy) is 1. The first kappa shape index (κ1) is 16.2. The molecule has 4 heteroatoms. The Balaban J connectivity index is 1.93. The van der Waals surface area contributed by atoms with Gasteiger partial charge in [0.2, 0.25) is 5.91 Å². The van der Waals surface area contributed by atoms with Gasteiger partial charge >= 0.3 is 0 Å². The molecule has 116 valence electrons. The summed E-state index contributed by atoms with van der Waals surface area (Å²) in [6.07, 6.45) is 2.91. The Morgan fingerprint density at radius 2 is 2.00 bits per heavy atom. The van der Waals surface area contributed by atoms with Crippen molar-refractivity contribution in [1.29, 1.82) is 0 Å². The Hall–Kier alpha value is -2.20. The lowest BCUT2D eigenvalue weighted by molar-refractivity contribution is -0.122. The first-order chi connectivity index (χ1) is 10.7. The second-order valence-electron chi connectivity index (χ2n) is 5.26. The van der Waals surface area contributed by atoms with Crippen LogP contribution < -0.4 is 5.32 Å². The number of aromatic nitrogens is 1. The fraction of sp³-hybridized carbons (Fsp3) is 0.333. The zero-order chi connectivity index (χ0) is 15.8. The molecule has 1 atom stereocenters. The van der Waals surface area contributed by atoms with Gasteiger partial charge in [-0.3, -0.25) is 9.78 Å². The number of rotatable bonds is 7. The molecule has 2 rings (SSSR count). The van der Waals surface area contributed by atoms with Crippen molar-refractivity contribution in [2.24, 2.45) is 0 Å². The van der Waals surface area contributed by atoms with Crippen LogP contribution in [0, 0.1) is 6.92 Å². The highest BCUT2D eigenvalue weighted by atomic mass is 16.5. The van der Waals surface area contributed by atoms with Crippen molar-refractivity contribution in [2.75, 3.05) is 13.7 Å². The van der Waals surface area contributed by atoms with Crippen LogP contribution >= 0.6 is 0 Å². The van der Waals surface area contributed by atoms with Gasteiger partial charge in [-0.25, -0.2) is 0 Å². The number of nitrogens with zero attached hydrogens (tertiary/aromatic N) is 1. The highest BCUT2D eigenvalue weighted by Gasteiger charge is 2.15. The fourth-order valence-corrected chi connectivity index (χ4v) is 2.36. The van der Waals surface area contributed by atoms with Crippen molar-refractivity contribution in [3.05, 3.63) is 65.5 Å². The summed E-state index contributed by atoms with van der Waals surface area (Å²) in [5, 5.41) is 3.00. The van der Waals surface area contributed by atoms with E-state index in [9.17, 15) is 4.79 Å². The molecule has 0 spiro atoms. The van der Waals surface area contributed by atoms with Crippen LogP contribution in [0.2, 0.25) is 0 Å². The highest BCUT2D eigenvalue weighted by Crippen LogP contribution is 2.12. The summed E-state index contributed by atoms with van der Waals surface area (Å²) < 4.78 is 5.19. The number of hydrogen-bond acceptors (Lipinski definition) is 3. The van der Waals surface area contributed by atoms with E-state index in [0.717, 1.165) is 12.1 Å². The molecule has 2 aromatic rings. The predicted octanol–water partition coefficient (Wildman–Crippen LogP) is 2.83. The minimum atomic E-state index is -0.212. The lowest BCUT2D eigenvalue weighted by atomic mass is 10.0. The molecule has 0 fully saturated rings. The SMILES string of the molecule is COCC(NC(=O)CCc1ccccc1C)c1ccccn1. The summed E-state index contributed by atoms with van der Waals surface area (Å²) in [6, 6.07) is 13.6. The number of aryl methyl sites for hydroxylation is 2. The van der Waals surface area contributed by atoms with E-state index >= 15 is 0 Å². The number of amides is 1. The molecule has 1 aromatic heterocycles. The number of benzene rings is 1. The molecular formula is C18H22N2O2. The third-order valence-corrected chi connectivity index (χ3v) is 3.60. The molecule has 1 aromatic carbocycles. The van der Waals surface area contributed by atoms with Crippen LogP contribution in [0.25, 0.3) is 0 Å². The van der Waals surface area contributed by atoms with E-state index in [1.165, 1.54) is 11.1 Å². The Labute approximate surface area is 131 Å². The van der Waals surface area contributed by atoms with Gasteiger partial charge in [-0.2, -0.15) is 0 Å². The molecule has 0 radical (unpaired) electrons. The highest BCUT2D eigenvalue weighted by molar-refractivity contribution is 5.76. The van der Waals surface area contributed by atoms with E-state index < -0.39 is 0 Å². The van der Waals surface area contributed by atoms with Crippen LogP contribution in [0.1, 0.15) is 29.3 Å². The quantitative estimate of drug-likeness (QED) is 0.855. The second-order valence-corrected chi connectivity index (χ2v) is 5.26. The number of nitrogens with one attached hydrogen (secondary N) is 1. The van der Waals surface area contributed by atoms with Crippen molar-refractivity contribution in [3.8, 4) is 0 Å². The van der Waals surface area contributed by atoms with Crippen LogP contribution in [0.15, 0.2) is 48.7 Å². The van der Waals surface area contributed by atoms with Crippen molar-refractivity contribution in [2.45, 2.75) is 25.8 Å². The van der Waals surface area contributed by atoms with Gasteiger partial charge in [-0.15, -0.1) is 0 Å². The normalized spacial score (nSPS) is 11.9. The molecule has 4 nitrogen and oxygen atoms in total. The van der Waals surface area contributed by atoms with Crippen LogP contribution in [-0.4, -0.2) is 24.6 Å². The standard InChI is InChI=1S/C18H22N2O2/c1-14-7-3-4-8-15(14)10-11-18(21)20-17(13-22-2)16-9-5-6-12-19-16/h3-9,12,17H,10-11,13H2,1-2H3,(H,20,21). The molecule has 0 saturated carbocycles. The summed E-state index contributed by atoms with van der Waals surface area (Å²) in [5.41, 5.74) is 3.24. The molecular weight excluding hydrogens is 276 g/mol. The molecule has 0 aliphatic heterocycles. The first-order valence-electron chi connectivity index (χ1n) is 7.44. The zero-order valence-electron chi connectivity index (χ0n) is 13.1. The molecule has 0 aliphatic rings. The van der Waals surface area contributed by atoms with E-state index in [-0.39, 0.29) is 11.9 Å². The topological polar surface area (TPSA) is 51.2 Å². The second kappa shape index (κ2) is 8.29. The van der Waals surface area contributed by atoms with E-state index in [1.807, 2.05) is 30.3 Å². The van der Waals surface area contributed by atoms with Gasteiger partial charge < -0.3 is 10.1 Å².